The third-order valence-electron chi connectivity index (χ3n) is 1.86. The molecule has 0 aromatic heterocycles. The summed E-state index contributed by atoms with van der Waals surface area (Å²) in [6, 6.07) is 0. The van der Waals surface area contributed by atoms with Gasteiger partial charge in [-0.15, -0.1) is 0 Å². The van der Waals surface area contributed by atoms with Crippen molar-refractivity contribution in [2.24, 2.45) is 0 Å². The summed E-state index contributed by atoms with van der Waals surface area (Å²) < 4.78 is 9.62. The second kappa shape index (κ2) is 7.62. The Hall–Kier alpha value is -0.650. The Morgan fingerprint density at radius 3 is 1.80 bits per heavy atom. The van der Waals surface area contributed by atoms with Crippen LogP contribution in [0.25, 0.3) is 0 Å². The Morgan fingerprint density at radius 1 is 1.13 bits per heavy atom. The van der Waals surface area contributed by atoms with Gasteiger partial charge < -0.3 is 19.7 Å². The second-order valence-electron chi connectivity index (χ2n) is 3.29. The molecule has 0 amide bonds. The molecule has 0 heterocycles. The largest absolute Gasteiger partial charge is 0.475 e. The van der Waals surface area contributed by atoms with Gasteiger partial charge in [0.1, 0.15) is 0 Å². The van der Waals surface area contributed by atoms with Gasteiger partial charge in [-0.1, -0.05) is 26.7 Å². The van der Waals surface area contributed by atoms with E-state index < -0.39 is 11.9 Å². The van der Waals surface area contributed by atoms with Crippen LogP contribution in [0.2, 0.25) is 0 Å². The molecule has 0 aromatic carbocycles. The molecule has 0 rings (SSSR count). The molecule has 5 heteroatoms. The first-order valence-electron chi connectivity index (χ1n) is 5.30. The van der Waals surface area contributed by atoms with Crippen LogP contribution >= 0.6 is 0 Å². The van der Waals surface area contributed by atoms with E-state index in [9.17, 15) is 9.90 Å². The van der Waals surface area contributed by atoms with Crippen molar-refractivity contribution in [2.45, 2.75) is 45.5 Å². The average Bonchev–Trinajstić information content (AvgIpc) is 2.18. The number of carbonyl (C=O) groups is 1. The summed E-state index contributed by atoms with van der Waals surface area (Å²) >= 11 is 0. The van der Waals surface area contributed by atoms with Gasteiger partial charge in [0.25, 0.3) is 0 Å². The highest BCUT2D eigenvalue weighted by atomic mass is 16.8. The standard InChI is InChI=1S/C10H20O5/c1-3-5-7-14-10(13,9(11)12)15-8-6-4-2/h13H,3-8H2,1-2H3,(H,11,12). The summed E-state index contributed by atoms with van der Waals surface area (Å²) in [5.41, 5.74) is 0. The van der Waals surface area contributed by atoms with Crippen molar-refractivity contribution >= 4 is 5.97 Å². The van der Waals surface area contributed by atoms with Gasteiger partial charge in [-0.3, -0.25) is 0 Å². The zero-order valence-electron chi connectivity index (χ0n) is 9.36. The van der Waals surface area contributed by atoms with E-state index in [2.05, 4.69) is 0 Å². The summed E-state index contributed by atoms with van der Waals surface area (Å²) in [6.07, 6.45) is 3.11. The molecular formula is C10H20O5. The third-order valence-corrected chi connectivity index (χ3v) is 1.86. The first-order chi connectivity index (χ1) is 7.06. The van der Waals surface area contributed by atoms with Crippen molar-refractivity contribution < 1.29 is 24.5 Å². The Kier molecular flexibility index (Phi) is 7.29. The van der Waals surface area contributed by atoms with E-state index in [1.165, 1.54) is 0 Å². The molecule has 0 unspecified atom stereocenters. The predicted molar refractivity (Wildman–Crippen MR) is 54.3 cm³/mol. The molecule has 0 aliphatic rings. The molecule has 15 heavy (non-hydrogen) atoms. The number of rotatable bonds is 9. The molecule has 90 valence electrons. The lowest BCUT2D eigenvalue weighted by Crippen LogP contribution is -2.44. The van der Waals surface area contributed by atoms with Crippen LogP contribution in [0.15, 0.2) is 0 Å². The summed E-state index contributed by atoms with van der Waals surface area (Å²) in [5, 5.41) is 18.2. The quantitative estimate of drug-likeness (QED) is 0.453. The summed E-state index contributed by atoms with van der Waals surface area (Å²) in [4.78, 5) is 10.7. The molecule has 2 N–H and O–H groups in total. The van der Waals surface area contributed by atoms with Crippen LogP contribution in [0, 0.1) is 0 Å². The van der Waals surface area contributed by atoms with E-state index in [0.29, 0.717) is 12.8 Å². The maximum atomic E-state index is 10.7. The highest BCUT2D eigenvalue weighted by Gasteiger charge is 2.38. The molecule has 0 atom stereocenters. The van der Waals surface area contributed by atoms with Crippen molar-refractivity contribution in [1.82, 2.24) is 0 Å². The smallest absolute Gasteiger partial charge is 0.395 e. The van der Waals surface area contributed by atoms with Crippen molar-refractivity contribution in [3.8, 4) is 0 Å². The van der Waals surface area contributed by atoms with Crippen LogP contribution in [0.5, 0.6) is 0 Å². The summed E-state index contributed by atoms with van der Waals surface area (Å²) in [5.74, 6) is -3.99. The van der Waals surface area contributed by atoms with E-state index in [1.807, 2.05) is 13.8 Å². The van der Waals surface area contributed by atoms with E-state index >= 15 is 0 Å². The van der Waals surface area contributed by atoms with Crippen LogP contribution < -0.4 is 0 Å². The molecule has 5 nitrogen and oxygen atoms in total. The highest BCUT2D eigenvalue weighted by molar-refractivity contribution is 5.73. The van der Waals surface area contributed by atoms with E-state index in [-0.39, 0.29) is 13.2 Å². The molecule has 0 aliphatic heterocycles. The lowest BCUT2D eigenvalue weighted by Gasteiger charge is -2.23. The predicted octanol–water partition coefficient (Wildman–Crippen LogP) is 1.35. The Labute approximate surface area is 90.0 Å². The SMILES string of the molecule is CCCCOC(O)(OCCCC)C(=O)O. The van der Waals surface area contributed by atoms with Crippen LogP contribution in [0.4, 0.5) is 0 Å². The number of ether oxygens (including phenoxy) is 2. The minimum Gasteiger partial charge on any atom is -0.475 e. The number of unbranched alkanes of at least 4 members (excludes halogenated alkanes) is 2. The van der Waals surface area contributed by atoms with Gasteiger partial charge >= 0.3 is 11.9 Å². The van der Waals surface area contributed by atoms with Gasteiger partial charge in [0.2, 0.25) is 0 Å². The normalized spacial score (nSPS) is 11.7. The summed E-state index contributed by atoms with van der Waals surface area (Å²) in [6.45, 7) is 4.24. The van der Waals surface area contributed by atoms with Gasteiger partial charge in [-0.05, 0) is 12.8 Å². The molecule has 0 fully saturated rings. The zero-order valence-corrected chi connectivity index (χ0v) is 9.36. The molecular weight excluding hydrogens is 200 g/mol. The van der Waals surface area contributed by atoms with Gasteiger partial charge in [0, 0.05) is 0 Å². The Bertz CT molecular complexity index is 171. The van der Waals surface area contributed by atoms with Gasteiger partial charge in [-0.2, -0.15) is 0 Å². The van der Waals surface area contributed by atoms with Crippen molar-refractivity contribution in [3.63, 3.8) is 0 Å². The number of hydrogen-bond donors (Lipinski definition) is 2. The van der Waals surface area contributed by atoms with E-state index in [4.69, 9.17) is 14.6 Å². The van der Waals surface area contributed by atoms with Gasteiger partial charge in [-0.25, -0.2) is 4.79 Å². The van der Waals surface area contributed by atoms with E-state index in [0.717, 1.165) is 12.8 Å². The minimum absolute atomic E-state index is 0.172. The molecule has 0 bridgehead atoms. The first kappa shape index (κ1) is 14.3. The molecule has 0 radical (unpaired) electrons. The van der Waals surface area contributed by atoms with Crippen LogP contribution in [-0.4, -0.2) is 35.4 Å². The number of hydrogen-bond acceptors (Lipinski definition) is 4. The van der Waals surface area contributed by atoms with Crippen LogP contribution in [-0.2, 0) is 14.3 Å². The third kappa shape index (κ3) is 5.71. The number of aliphatic hydroxyl groups is 1. The van der Waals surface area contributed by atoms with Crippen molar-refractivity contribution in [1.29, 1.82) is 0 Å². The Balaban J connectivity index is 4.01. The lowest BCUT2D eigenvalue weighted by molar-refractivity contribution is -0.344. The molecule has 0 saturated carbocycles. The number of carboxylic acids is 1. The maximum Gasteiger partial charge on any atom is 0.395 e. The molecule has 0 aliphatic carbocycles. The summed E-state index contributed by atoms with van der Waals surface area (Å²) in [7, 11) is 0. The maximum absolute atomic E-state index is 10.7. The first-order valence-corrected chi connectivity index (χ1v) is 5.30. The number of aliphatic carboxylic acids is 1. The van der Waals surface area contributed by atoms with Crippen LogP contribution in [0.3, 0.4) is 0 Å². The lowest BCUT2D eigenvalue weighted by atomic mass is 10.3. The topological polar surface area (TPSA) is 76.0 Å². The zero-order chi connectivity index (χ0) is 11.7. The van der Waals surface area contributed by atoms with Crippen molar-refractivity contribution in [2.75, 3.05) is 13.2 Å². The van der Waals surface area contributed by atoms with Gasteiger partial charge in [0.05, 0.1) is 13.2 Å². The fraction of sp³-hybridized carbons (Fsp3) is 0.900. The van der Waals surface area contributed by atoms with Crippen LogP contribution in [0.1, 0.15) is 39.5 Å². The average molecular weight is 220 g/mol. The number of carboxylic acid groups (broad SMARTS) is 1. The molecule has 0 aromatic rings. The highest BCUT2D eigenvalue weighted by Crippen LogP contribution is 2.11. The minimum atomic E-state index is -2.48. The fourth-order valence-corrected chi connectivity index (χ4v) is 0.875. The fourth-order valence-electron chi connectivity index (χ4n) is 0.875. The molecule has 0 saturated heterocycles. The van der Waals surface area contributed by atoms with Crippen molar-refractivity contribution in [3.05, 3.63) is 0 Å². The van der Waals surface area contributed by atoms with E-state index in [1.54, 1.807) is 0 Å². The monoisotopic (exact) mass is 220 g/mol. The molecule has 0 spiro atoms. The Morgan fingerprint density at radius 2 is 1.53 bits per heavy atom. The van der Waals surface area contributed by atoms with Gasteiger partial charge in [0.15, 0.2) is 0 Å². The second-order valence-corrected chi connectivity index (χ2v) is 3.29.